The zero-order valence-electron chi connectivity index (χ0n) is 16.4. The maximum Gasteiger partial charge on any atom is 0.252 e. The number of carbonyl (C=O) groups is 1. The Hall–Kier alpha value is -2.19. The van der Waals surface area contributed by atoms with Crippen LogP contribution in [0, 0.1) is 19.8 Å². The fourth-order valence-electron chi connectivity index (χ4n) is 3.65. The van der Waals surface area contributed by atoms with Gasteiger partial charge in [-0.2, -0.15) is 5.10 Å². The molecule has 2 aromatic rings. The molecule has 0 aliphatic carbocycles. The predicted molar refractivity (Wildman–Crippen MR) is 104 cm³/mol. The molecule has 1 aliphatic rings. The van der Waals surface area contributed by atoms with Crippen molar-refractivity contribution in [2.75, 3.05) is 18.5 Å². The van der Waals surface area contributed by atoms with Crippen LogP contribution in [-0.2, 0) is 21.2 Å². The lowest BCUT2D eigenvalue weighted by Crippen LogP contribution is -2.39. The van der Waals surface area contributed by atoms with Gasteiger partial charge in [-0.25, -0.2) is 13.1 Å². The van der Waals surface area contributed by atoms with Gasteiger partial charge in [0, 0.05) is 17.9 Å². The number of hydrogen-bond acceptors (Lipinski definition) is 4. The van der Waals surface area contributed by atoms with Crippen LogP contribution in [0.3, 0.4) is 0 Å². The van der Waals surface area contributed by atoms with E-state index in [0.29, 0.717) is 13.0 Å². The third-order valence-electron chi connectivity index (χ3n) is 4.98. The maximum absolute atomic E-state index is 13.4. The average Bonchev–Trinajstić information content (AvgIpc) is 3.17. The molecule has 146 valence electrons. The molecule has 1 amide bonds. The van der Waals surface area contributed by atoms with Gasteiger partial charge in [-0.1, -0.05) is 13.8 Å². The summed E-state index contributed by atoms with van der Waals surface area (Å²) in [6.07, 6.45) is 0.635. The summed E-state index contributed by atoms with van der Waals surface area (Å²) in [6.45, 7) is 8.44. The molecule has 7 nitrogen and oxygen atoms in total. The average molecular weight is 391 g/mol. The second-order valence-electron chi connectivity index (χ2n) is 7.30. The molecule has 1 N–H and O–H groups in total. The topological polar surface area (TPSA) is 84.3 Å². The number of aromatic nitrogens is 2. The molecule has 27 heavy (non-hydrogen) atoms. The number of nitrogens with one attached hydrogen (secondary N) is 1. The molecule has 0 unspecified atom stereocenters. The van der Waals surface area contributed by atoms with E-state index < -0.39 is 16.1 Å². The van der Waals surface area contributed by atoms with Gasteiger partial charge >= 0.3 is 0 Å². The van der Waals surface area contributed by atoms with Crippen LogP contribution in [-0.4, -0.2) is 37.7 Å². The van der Waals surface area contributed by atoms with Crippen LogP contribution in [0.1, 0.15) is 36.8 Å². The highest BCUT2D eigenvalue weighted by Gasteiger charge is 2.34. The van der Waals surface area contributed by atoms with Gasteiger partial charge in [-0.05, 0) is 63.1 Å². The van der Waals surface area contributed by atoms with Gasteiger partial charge < -0.3 is 4.90 Å². The number of rotatable bonds is 5. The number of fused-ring (bicyclic) bond motifs is 1. The van der Waals surface area contributed by atoms with Gasteiger partial charge in [0.25, 0.3) is 5.91 Å². The highest BCUT2D eigenvalue weighted by Crippen LogP contribution is 2.33. The molecule has 0 bridgehead atoms. The molecule has 8 heteroatoms. The first-order valence-electron chi connectivity index (χ1n) is 9.06. The second-order valence-corrected chi connectivity index (χ2v) is 9.19. The zero-order valence-corrected chi connectivity index (χ0v) is 17.2. The fourth-order valence-corrected chi connectivity index (χ4v) is 4.43. The Morgan fingerprint density at radius 2 is 1.93 bits per heavy atom. The number of sulfonamides is 1. The molecular formula is C19H26N4O3S. The number of anilines is 1. The summed E-state index contributed by atoms with van der Waals surface area (Å²) in [7, 11) is -2.11. The largest absolute Gasteiger partial charge is 0.310 e. The number of amides is 1. The van der Waals surface area contributed by atoms with E-state index in [4.69, 9.17) is 0 Å². The van der Waals surface area contributed by atoms with Crippen molar-refractivity contribution in [1.82, 2.24) is 14.5 Å². The standard InChI is InChI=1S/C19H26N4O3S/c1-12(2)18(23-14(4)10-13(3)21-23)19(24)22-9-8-15-11-16(6-7-17(15)22)27(25,26)20-5/h6-7,10-12,18,20H,8-9H2,1-5H3/t18-/m0/s1. The molecule has 1 aromatic carbocycles. The fraction of sp³-hybridized carbons (Fsp3) is 0.474. The van der Waals surface area contributed by atoms with Crippen molar-refractivity contribution >= 4 is 21.6 Å². The van der Waals surface area contributed by atoms with Crippen molar-refractivity contribution in [2.45, 2.75) is 45.1 Å². The van der Waals surface area contributed by atoms with E-state index >= 15 is 0 Å². The number of nitrogens with zero attached hydrogens (tertiary/aromatic N) is 3. The van der Waals surface area contributed by atoms with E-state index in [1.54, 1.807) is 27.8 Å². The zero-order chi connectivity index (χ0) is 19.9. The number of carbonyl (C=O) groups excluding carboxylic acids is 1. The van der Waals surface area contributed by atoms with Crippen LogP contribution in [0.5, 0.6) is 0 Å². The summed E-state index contributed by atoms with van der Waals surface area (Å²) in [5, 5.41) is 4.52. The van der Waals surface area contributed by atoms with Crippen LogP contribution in [0.4, 0.5) is 5.69 Å². The third-order valence-corrected chi connectivity index (χ3v) is 6.40. The lowest BCUT2D eigenvalue weighted by molar-refractivity contribution is -0.123. The Kier molecular flexibility index (Phi) is 5.14. The van der Waals surface area contributed by atoms with Gasteiger partial charge in [0.2, 0.25) is 10.0 Å². The van der Waals surface area contributed by atoms with Crippen molar-refractivity contribution in [3.8, 4) is 0 Å². The number of aryl methyl sites for hydroxylation is 2. The molecule has 0 saturated carbocycles. The first-order valence-corrected chi connectivity index (χ1v) is 10.5. The van der Waals surface area contributed by atoms with E-state index in [1.807, 2.05) is 33.8 Å². The second kappa shape index (κ2) is 7.09. The Balaban J connectivity index is 1.96. The van der Waals surface area contributed by atoms with Crippen molar-refractivity contribution in [3.05, 3.63) is 41.2 Å². The van der Waals surface area contributed by atoms with Crippen LogP contribution >= 0.6 is 0 Å². The Bertz CT molecular complexity index is 979. The Labute approximate surface area is 160 Å². The number of hydrogen-bond donors (Lipinski definition) is 1. The van der Waals surface area contributed by atoms with Gasteiger partial charge in [0.15, 0.2) is 0 Å². The molecule has 0 saturated heterocycles. The normalized spacial score (nSPS) is 15.3. The molecule has 0 fully saturated rings. The summed E-state index contributed by atoms with van der Waals surface area (Å²) in [4.78, 5) is 15.4. The Morgan fingerprint density at radius 1 is 1.22 bits per heavy atom. The van der Waals surface area contributed by atoms with E-state index in [-0.39, 0.29) is 16.7 Å². The van der Waals surface area contributed by atoms with Crippen LogP contribution in [0.15, 0.2) is 29.2 Å². The SMILES string of the molecule is CNS(=O)(=O)c1ccc2c(c1)CCN2C(=O)[C@H](C(C)C)n1nc(C)cc1C. The maximum atomic E-state index is 13.4. The lowest BCUT2D eigenvalue weighted by atomic mass is 10.0. The minimum Gasteiger partial charge on any atom is -0.310 e. The van der Waals surface area contributed by atoms with Crippen LogP contribution in [0.25, 0.3) is 0 Å². The number of benzene rings is 1. The minimum atomic E-state index is -3.50. The molecule has 2 heterocycles. The van der Waals surface area contributed by atoms with Gasteiger partial charge in [0.05, 0.1) is 10.6 Å². The predicted octanol–water partition coefficient (Wildman–Crippen LogP) is 2.19. The van der Waals surface area contributed by atoms with Crippen molar-refractivity contribution < 1.29 is 13.2 Å². The first kappa shape index (κ1) is 19.6. The molecule has 0 spiro atoms. The van der Waals surface area contributed by atoms with Crippen molar-refractivity contribution in [3.63, 3.8) is 0 Å². The van der Waals surface area contributed by atoms with Crippen LogP contribution < -0.4 is 9.62 Å². The van der Waals surface area contributed by atoms with E-state index in [2.05, 4.69) is 9.82 Å². The Morgan fingerprint density at radius 3 is 2.48 bits per heavy atom. The smallest absolute Gasteiger partial charge is 0.252 e. The lowest BCUT2D eigenvalue weighted by Gasteiger charge is -2.27. The van der Waals surface area contributed by atoms with Crippen LogP contribution in [0.2, 0.25) is 0 Å². The monoisotopic (exact) mass is 390 g/mol. The van der Waals surface area contributed by atoms with Crippen molar-refractivity contribution in [2.24, 2.45) is 5.92 Å². The van der Waals surface area contributed by atoms with Crippen molar-refractivity contribution in [1.29, 1.82) is 0 Å². The molecule has 0 radical (unpaired) electrons. The summed E-state index contributed by atoms with van der Waals surface area (Å²) < 4.78 is 28.2. The molecule has 1 aromatic heterocycles. The van der Waals surface area contributed by atoms with Gasteiger partial charge in [-0.15, -0.1) is 0 Å². The van der Waals surface area contributed by atoms with Gasteiger partial charge in [0.1, 0.15) is 6.04 Å². The van der Waals surface area contributed by atoms with E-state index in [0.717, 1.165) is 22.6 Å². The molecule has 1 atom stereocenters. The summed E-state index contributed by atoms with van der Waals surface area (Å²) >= 11 is 0. The third kappa shape index (κ3) is 3.51. The van der Waals surface area contributed by atoms with Gasteiger partial charge in [-0.3, -0.25) is 9.48 Å². The highest BCUT2D eigenvalue weighted by atomic mass is 32.2. The molecule has 1 aliphatic heterocycles. The van der Waals surface area contributed by atoms with E-state index in [1.165, 1.54) is 7.05 Å². The highest BCUT2D eigenvalue weighted by molar-refractivity contribution is 7.89. The minimum absolute atomic E-state index is 0.0147. The molecule has 3 rings (SSSR count). The summed E-state index contributed by atoms with van der Waals surface area (Å²) in [5.41, 5.74) is 3.49. The quantitative estimate of drug-likeness (QED) is 0.848. The van der Waals surface area contributed by atoms with E-state index in [9.17, 15) is 13.2 Å². The summed E-state index contributed by atoms with van der Waals surface area (Å²) in [6, 6.07) is 6.50. The first-order chi connectivity index (χ1) is 12.7. The molecular weight excluding hydrogens is 364 g/mol. The summed E-state index contributed by atoms with van der Waals surface area (Å²) in [5.74, 6) is 0.0580.